The van der Waals surface area contributed by atoms with Crippen LogP contribution >= 0.6 is 101 Å². The van der Waals surface area contributed by atoms with Gasteiger partial charge in [-0.1, -0.05) is 120 Å². The fraction of sp³-hybridized carbons (Fsp3) is 0.250. The number of rotatable bonds is 46. The average molecular weight is 2330 g/mol. The maximum atomic E-state index is 13.8. The summed E-state index contributed by atoms with van der Waals surface area (Å²) in [6, 6.07) is 35.9. The number of nitrogen functional groups attached to an aromatic ring is 4. The van der Waals surface area contributed by atoms with Gasteiger partial charge in [-0.05, 0) is 128 Å². The van der Waals surface area contributed by atoms with Crippen LogP contribution in [0.1, 0.15) is 34.7 Å². The van der Waals surface area contributed by atoms with Gasteiger partial charge >= 0.3 is 30.4 Å². The number of ether oxygens (including phenoxy) is 12. The number of hydrogen-bond donors (Lipinski definition) is 9. The van der Waals surface area contributed by atoms with Crippen molar-refractivity contribution in [3.05, 3.63) is 330 Å². The molecular formula is C88H91Br3Cl2N20O29P4. The van der Waals surface area contributed by atoms with Crippen molar-refractivity contribution >= 4 is 176 Å². The van der Waals surface area contributed by atoms with E-state index in [2.05, 4.69) is 134 Å². The second-order valence-electron chi connectivity index (χ2n) is 30.7. The van der Waals surface area contributed by atoms with Crippen LogP contribution in [0.4, 0.5) is 23.8 Å². The molecule has 0 fully saturated rings. The average Bonchev–Trinajstić information content (AvgIpc) is 1.67. The Morgan fingerprint density at radius 3 is 1.05 bits per heavy atom. The Hall–Kier alpha value is -12.6. The van der Waals surface area contributed by atoms with Crippen LogP contribution < -0.4 is 45.2 Å². The Kier molecular flexibility index (Phi) is 37.9. The number of hydrogen-bond acceptors (Lipinski definition) is 41. The first-order valence-electron chi connectivity index (χ1n) is 43.0. The quantitative estimate of drug-likeness (QED) is 0.0126. The zero-order chi connectivity index (χ0) is 104. The highest BCUT2D eigenvalue weighted by molar-refractivity contribution is 9.11. The second kappa shape index (κ2) is 50.7. The molecule has 17 rings (SSSR count). The van der Waals surface area contributed by atoms with Gasteiger partial charge in [0, 0.05) is 55.2 Å². The molecule has 0 aliphatic carbocycles. The predicted octanol–water partition coefficient (Wildman–Crippen LogP) is 14.7. The molecule has 13 aromatic rings. The Balaban J connectivity index is 0.000000154. The molecule has 13 N–H and O–H groups in total. The SMILES string of the molecule is C=C1OC(C)=C(COP(=O)(COCCn2cnc3c(=O)[nH]c(N)nc32)OCc2cccc(Br)c2)O1.C=C1OC(CO)=C(COP(=O)(COCCn2cnc3c(=O)[nH]c(N)nc32)OCc2cccc(Br)c2)O1.C=C1OC(COP(=O)(COCCn2cnc3c(=O)[nH]c(N)nc32)OCc2cccc(Cl)c2)=C(c2ccc(Cl)cc2)O1.C=C1OC=C(COP(=O)(COCCn2cnc3c(=O)[nH]c(N)nc32)OCc2cccc(Br)c2)O1. The molecule has 4 aliphatic heterocycles. The van der Waals surface area contributed by atoms with Gasteiger partial charge in [-0.25, -0.2) is 19.9 Å². The summed E-state index contributed by atoms with van der Waals surface area (Å²) in [7, 11) is -15.1. The van der Waals surface area contributed by atoms with Crippen LogP contribution in [0.25, 0.3) is 50.4 Å². The molecule has 4 aliphatic rings. The van der Waals surface area contributed by atoms with Gasteiger partial charge in [0.1, 0.15) is 70.4 Å². The molecule has 0 saturated carbocycles. The summed E-state index contributed by atoms with van der Waals surface area (Å²) in [6.07, 6.45) is 5.68. The molecule has 0 saturated heterocycles. The molecule has 4 atom stereocenters. The summed E-state index contributed by atoms with van der Waals surface area (Å²) in [5.74, 6) is 2.06. The highest BCUT2D eigenvalue weighted by atomic mass is 79.9. The number of fused-ring (bicyclic) bond motifs is 4. The maximum Gasteiger partial charge on any atom is 0.356 e. The molecule has 58 heteroatoms. The summed E-state index contributed by atoms with van der Waals surface area (Å²) in [6.45, 7) is 16.2. The van der Waals surface area contributed by atoms with E-state index in [1.165, 1.54) is 31.6 Å². The van der Waals surface area contributed by atoms with Gasteiger partial charge < -0.3 is 121 Å². The highest BCUT2D eigenvalue weighted by Gasteiger charge is 2.36. The molecule has 5 aromatic carbocycles. The molecule has 0 radical (unpaired) electrons. The van der Waals surface area contributed by atoms with Crippen LogP contribution in [0, 0.1) is 0 Å². The van der Waals surface area contributed by atoms with Crippen LogP contribution in [-0.2, 0) is 164 Å². The van der Waals surface area contributed by atoms with Crippen molar-refractivity contribution < 1.29 is 116 Å². The minimum absolute atomic E-state index is 0.00577. The zero-order valence-electron chi connectivity index (χ0n) is 76.8. The fourth-order valence-electron chi connectivity index (χ4n) is 13.1. The van der Waals surface area contributed by atoms with Crippen LogP contribution in [0.3, 0.4) is 0 Å². The van der Waals surface area contributed by atoms with Gasteiger partial charge in [-0.3, -0.25) is 75.5 Å². The van der Waals surface area contributed by atoms with E-state index < -0.39 is 59.2 Å². The molecular weight excluding hydrogens is 2240 g/mol. The van der Waals surface area contributed by atoms with Crippen molar-refractivity contribution in [1.29, 1.82) is 0 Å². The van der Waals surface area contributed by atoms with E-state index in [-0.39, 0.29) is 218 Å². The number of aliphatic hydroxyl groups excluding tert-OH is 1. The lowest BCUT2D eigenvalue weighted by Gasteiger charge is -2.19. The number of H-pyrrole nitrogens is 4. The first kappa shape index (κ1) is 109. The third-order valence-electron chi connectivity index (χ3n) is 19.9. The van der Waals surface area contributed by atoms with Crippen LogP contribution in [-0.4, -0.2) is 168 Å². The van der Waals surface area contributed by atoms with Gasteiger partial charge in [-0.2, -0.15) is 19.9 Å². The van der Waals surface area contributed by atoms with E-state index in [9.17, 15) is 42.5 Å². The van der Waals surface area contributed by atoms with Gasteiger partial charge in [0.15, 0.2) is 79.2 Å². The monoisotopic (exact) mass is 2320 g/mol. The zero-order valence-corrected chi connectivity index (χ0v) is 86.7. The normalized spacial score (nSPS) is 15.1. The van der Waals surface area contributed by atoms with Crippen molar-refractivity contribution in [3.8, 4) is 0 Å². The maximum absolute atomic E-state index is 13.8. The number of nitrogens with two attached hydrogens (primary N) is 4. The number of aliphatic hydroxyl groups is 1. The number of halogens is 5. The number of allylic oxidation sites excluding steroid dienone is 1. The summed E-state index contributed by atoms with van der Waals surface area (Å²) in [4.78, 5) is 89.9. The van der Waals surface area contributed by atoms with Crippen LogP contribution in [0.15, 0.2) is 270 Å². The number of nitrogens with one attached hydrogen (secondary N) is 4. The first-order chi connectivity index (χ1) is 70.0. The van der Waals surface area contributed by atoms with Crippen molar-refractivity contribution in [2.24, 2.45) is 0 Å². The van der Waals surface area contributed by atoms with E-state index in [1.807, 2.05) is 72.8 Å². The number of anilines is 4. The van der Waals surface area contributed by atoms with E-state index in [1.54, 1.807) is 73.7 Å². The second-order valence-corrected chi connectivity index (χ2v) is 42.3. The molecule has 49 nitrogen and oxygen atoms in total. The van der Waals surface area contributed by atoms with Gasteiger partial charge in [0.05, 0.1) is 78.2 Å². The molecule has 0 amide bonds. The standard InChI is InChI=1S/C26H24Cl2N5O7P.C21H23BrN5O8P.C21H23BrN5O7P.C20H21BrN5O7P/c1-16-39-21(23(40-16)18-5-7-19(27)8-6-18)13-38-41(35,37-12-17-3-2-4-20(28)11-17)15-36-10-9-33-14-30-22-24(33)31-26(29)32-25(22)34;1-13-34-16(8-28)17(35-13)10-33-36(30,32-9-14-3-2-4-15(22)7-14)12-31-6-5-27-11-24-18-19(27)25-21(23)26-20(18)29;1-13-17(34-14(2)33-13)10-32-35(29,31-9-15-4-3-5-16(22)8-15)12-30-7-6-27-11-24-18-19(27)25-21(23)26-20(18)28;1-13-30-9-16(33-13)10-32-34(28,31-8-14-3-2-4-15(21)7-14)12-29-6-5-26-11-23-17-18(26)24-20(22)25-19(17)27/h2-8,11,14H,1,9-10,12-13,15H2,(H3,29,31,32,34);2-4,7,11,28H,1,5-6,8-10,12H2,(H3,23,25,26,29);3-5,8,11H,2,6-7,9-10,12H2,1H3,(H3,23,25,26,28);2-4,7,9,11H,1,5-6,8,10,12H2,(H3,22,24,25,27). The van der Waals surface area contributed by atoms with Crippen molar-refractivity contribution in [3.63, 3.8) is 0 Å². The minimum atomic E-state index is -3.87. The molecule has 12 heterocycles. The summed E-state index contributed by atoms with van der Waals surface area (Å²) >= 11 is 22.2. The van der Waals surface area contributed by atoms with E-state index >= 15 is 0 Å². The van der Waals surface area contributed by atoms with Gasteiger partial charge in [0.25, 0.3) is 46.0 Å². The Labute approximate surface area is 861 Å². The fourth-order valence-corrected chi connectivity index (χ4v) is 19.7. The molecule has 8 aromatic heterocycles. The number of imidazole rings is 4. The topological polar surface area (TPSA) is 631 Å². The van der Waals surface area contributed by atoms with Gasteiger partial charge in [-0.15, -0.1) is 0 Å². The number of aromatic amines is 4. The lowest BCUT2D eigenvalue weighted by atomic mass is 10.2. The highest BCUT2D eigenvalue weighted by Crippen LogP contribution is 2.54. The van der Waals surface area contributed by atoms with Gasteiger partial charge in [0.2, 0.25) is 23.8 Å². The van der Waals surface area contributed by atoms with Crippen LogP contribution in [0.2, 0.25) is 10.0 Å². The van der Waals surface area contributed by atoms with Crippen molar-refractivity contribution in [1.82, 2.24) is 78.1 Å². The van der Waals surface area contributed by atoms with E-state index in [0.717, 1.165) is 30.1 Å². The molecule has 4 unspecified atom stereocenters. The number of benzene rings is 5. The third-order valence-corrected chi connectivity index (χ3v) is 28.1. The lowest BCUT2D eigenvalue weighted by Crippen LogP contribution is -2.13. The Morgan fingerprint density at radius 2 is 0.705 bits per heavy atom. The predicted molar refractivity (Wildman–Crippen MR) is 539 cm³/mol. The Bertz CT molecular complexity index is 7610. The smallest absolute Gasteiger partial charge is 0.356 e. The molecule has 0 spiro atoms. The Morgan fingerprint density at radius 1 is 0.384 bits per heavy atom. The van der Waals surface area contributed by atoms with E-state index in [0.29, 0.717) is 66.8 Å². The summed E-state index contributed by atoms with van der Waals surface area (Å²) in [5, 5.41) is 10.5. The number of aromatic nitrogens is 16. The van der Waals surface area contributed by atoms with E-state index in [4.69, 9.17) is 139 Å². The third kappa shape index (κ3) is 31.0. The molecule has 0 bridgehead atoms. The molecule has 772 valence electrons. The lowest BCUT2D eigenvalue weighted by molar-refractivity contribution is 0.114. The van der Waals surface area contributed by atoms with Crippen molar-refractivity contribution in [2.45, 2.75) is 59.5 Å². The summed E-state index contributed by atoms with van der Waals surface area (Å²) in [5.41, 5.74) is 26.3. The molecule has 146 heavy (non-hydrogen) atoms. The minimum Gasteiger partial charge on any atom is -0.431 e. The van der Waals surface area contributed by atoms with Crippen molar-refractivity contribution in [2.75, 3.05) is 108 Å². The van der Waals surface area contributed by atoms with Crippen LogP contribution in [0.5, 0.6) is 0 Å². The summed E-state index contributed by atoms with van der Waals surface area (Å²) < 4.78 is 173. The number of nitrogens with zero attached hydrogens (tertiary/aromatic N) is 12. The first-order valence-corrected chi connectivity index (χ1v) is 53.1. The largest absolute Gasteiger partial charge is 0.431 e.